The Kier molecular flexibility index (Phi) is 8.74. The summed E-state index contributed by atoms with van der Waals surface area (Å²) in [5.41, 5.74) is 1.36. The molecule has 0 saturated carbocycles. The molecular formula is C24H25N5O2. The highest BCUT2D eigenvalue weighted by Gasteiger charge is 2.11. The number of imidazole rings is 1. The fourth-order valence-electron chi connectivity index (χ4n) is 2.56. The number of fused-ring (bicyclic) bond motifs is 1. The molecule has 4 aromatic rings. The van der Waals surface area contributed by atoms with E-state index in [1.54, 1.807) is 41.1 Å². The fourth-order valence-corrected chi connectivity index (χ4v) is 2.56. The van der Waals surface area contributed by atoms with Crippen molar-refractivity contribution in [2.24, 2.45) is 0 Å². The summed E-state index contributed by atoms with van der Waals surface area (Å²) in [7, 11) is 0. The number of hydrogen-bond acceptors (Lipinski definition) is 5. The van der Waals surface area contributed by atoms with Crippen LogP contribution >= 0.6 is 0 Å². The van der Waals surface area contributed by atoms with Crippen molar-refractivity contribution >= 4 is 17.4 Å². The van der Waals surface area contributed by atoms with Gasteiger partial charge in [0.1, 0.15) is 17.5 Å². The van der Waals surface area contributed by atoms with Gasteiger partial charge in [0.2, 0.25) is 11.7 Å². The molecule has 2 heterocycles. The van der Waals surface area contributed by atoms with Crippen molar-refractivity contribution in [3.63, 3.8) is 0 Å². The third-order valence-electron chi connectivity index (χ3n) is 3.80. The largest absolute Gasteiger partial charge is 0.440 e. The first-order valence-corrected chi connectivity index (χ1v) is 10.1. The molecule has 1 amide bonds. The summed E-state index contributed by atoms with van der Waals surface area (Å²) in [6, 6.07) is 19.5. The Labute approximate surface area is 182 Å². The number of benzene rings is 2. The molecule has 0 aliphatic rings. The average Bonchev–Trinajstić information content (AvgIpc) is 3.31. The molecule has 7 nitrogen and oxygen atoms in total. The highest BCUT2D eigenvalue weighted by molar-refractivity contribution is 6.04. The second kappa shape index (κ2) is 11.7. The van der Waals surface area contributed by atoms with Gasteiger partial charge in [-0.1, -0.05) is 52.0 Å². The van der Waals surface area contributed by atoms with Crippen LogP contribution in [0.5, 0.6) is 11.6 Å². The summed E-state index contributed by atoms with van der Waals surface area (Å²) < 4.78 is 7.51. The Morgan fingerprint density at radius 2 is 1.77 bits per heavy atom. The lowest BCUT2D eigenvalue weighted by molar-refractivity contribution is 0.102. The number of anilines is 1. The van der Waals surface area contributed by atoms with Crippen molar-refractivity contribution in [1.29, 1.82) is 5.26 Å². The van der Waals surface area contributed by atoms with Crippen LogP contribution in [0.15, 0.2) is 73.1 Å². The van der Waals surface area contributed by atoms with Crippen molar-refractivity contribution in [3.8, 4) is 17.7 Å². The van der Waals surface area contributed by atoms with Gasteiger partial charge in [0.25, 0.3) is 5.91 Å². The summed E-state index contributed by atoms with van der Waals surface area (Å²) in [5, 5.41) is 12.0. The van der Waals surface area contributed by atoms with E-state index in [-0.39, 0.29) is 11.6 Å². The molecule has 0 radical (unpaired) electrons. The van der Waals surface area contributed by atoms with Crippen molar-refractivity contribution in [2.45, 2.75) is 27.7 Å². The molecule has 7 heteroatoms. The van der Waals surface area contributed by atoms with Crippen LogP contribution in [-0.4, -0.2) is 20.3 Å². The highest BCUT2D eigenvalue weighted by atomic mass is 16.5. The minimum atomic E-state index is -0.244. The topological polar surface area (TPSA) is 92.3 Å². The second-order valence-electron chi connectivity index (χ2n) is 5.64. The predicted octanol–water partition coefficient (Wildman–Crippen LogP) is 5.70. The molecule has 158 valence electrons. The Balaban J connectivity index is 0.000000807. The summed E-state index contributed by atoms with van der Waals surface area (Å²) in [6.07, 6.45) is 3.25. The van der Waals surface area contributed by atoms with Crippen molar-refractivity contribution in [1.82, 2.24) is 14.4 Å². The third kappa shape index (κ3) is 5.90. The lowest BCUT2D eigenvalue weighted by Crippen LogP contribution is -2.11. The zero-order valence-electron chi connectivity index (χ0n) is 18.0. The molecule has 0 aliphatic heterocycles. The molecule has 0 aliphatic carbocycles. The van der Waals surface area contributed by atoms with Crippen molar-refractivity contribution in [3.05, 3.63) is 84.3 Å². The van der Waals surface area contributed by atoms with Crippen LogP contribution in [0, 0.1) is 11.3 Å². The predicted molar refractivity (Wildman–Crippen MR) is 121 cm³/mol. The van der Waals surface area contributed by atoms with E-state index in [0.717, 1.165) is 0 Å². The van der Waals surface area contributed by atoms with Crippen LogP contribution in [0.2, 0.25) is 0 Å². The molecule has 0 unspecified atom stereocenters. The molecule has 0 bridgehead atoms. The van der Waals surface area contributed by atoms with E-state index in [4.69, 9.17) is 10.00 Å². The minimum absolute atomic E-state index is 0.196. The van der Waals surface area contributed by atoms with Crippen LogP contribution in [0.1, 0.15) is 43.7 Å². The highest BCUT2D eigenvalue weighted by Crippen LogP contribution is 2.24. The Bertz CT molecular complexity index is 1160. The number of nitrogens with zero attached hydrogens (tertiary/aromatic N) is 4. The van der Waals surface area contributed by atoms with E-state index in [9.17, 15) is 4.79 Å². The van der Waals surface area contributed by atoms with Gasteiger partial charge in [0.15, 0.2) is 0 Å². The van der Waals surface area contributed by atoms with E-state index in [1.807, 2.05) is 64.1 Å². The number of carbonyl (C=O) groups is 1. The number of aromatic nitrogens is 3. The summed E-state index contributed by atoms with van der Waals surface area (Å²) in [6.45, 7) is 8.00. The summed E-state index contributed by atoms with van der Waals surface area (Å²) >= 11 is 0. The second-order valence-corrected chi connectivity index (χ2v) is 5.64. The van der Waals surface area contributed by atoms with Crippen LogP contribution in [0.3, 0.4) is 0 Å². The Morgan fingerprint density at radius 3 is 2.48 bits per heavy atom. The molecule has 0 atom stereocenters. The Hall–Kier alpha value is -4.18. The quantitative estimate of drug-likeness (QED) is 0.462. The molecule has 4 rings (SSSR count). The third-order valence-corrected chi connectivity index (χ3v) is 3.80. The summed E-state index contributed by atoms with van der Waals surface area (Å²) in [4.78, 5) is 20.6. The monoisotopic (exact) mass is 415 g/mol. The van der Waals surface area contributed by atoms with Crippen molar-refractivity contribution in [2.75, 3.05) is 5.32 Å². The van der Waals surface area contributed by atoms with Crippen LogP contribution in [-0.2, 0) is 0 Å². The molecule has 0 saturated heterocycles. The number of para-hydroxylation sites is 1. The van der Waals surface area contributed by atoms with Gasteiger partial charge in [-0.2, -0.15) is 5.26 Å². The minimum Gasteiger partial charge on any atom is -0.440 e. The Morgan fingerprint density at radius 1 is 1.03 bits per heavy atom. The maximum Gasteiger partial charge on any atom is 0.255 e. The zero-order chi connectivity index (χ0) is 22.6. The van der Waals surface area contributed by atoms with E-state index < -0.39 is 0 Å². The maximum atomic E-state index is 12.5. The van der Waals surface area contributed by atoms with Crippen molar-refractivity contribution < 1.29 is 9.53 Å². The fraction of sp³-hybridized carbons (Fsp3) is 0.167. The van der Waals surface area contributed by atoms with E-state index >= 15 is 0 Å². The molecule has 2 aromatic carbocycles. The smallest absolute Gasteiger partial charge is 0.255 e. The van der Waals surface area contributed by atoms with Gasteiger partial charge in [-0.25, -0.2) is 9.97 Å². The SMILES string of the molecule is CC.CC.N#Cc1cc(Oc2cccc(C(=O)Nc3ccccc3)c2)n2ccnc2n1. The van der Waals surface area contributed by atoms with Gasteiger partial charge < -0.3 is 10.1 Å². The van der Waals surface area contributed by atoms with Crippen LogP contribution in [0.25, 0.3) is 5.78 Å². The molecule has 2 aromatic heterocycles. The van der Waals surface area contributed by atoms with E-state index in [2.05, 4.69) is 15.3 Å². The van der Waals surface area contributed by atoms with Gasteiger partial charge in [-0.05, 0) is 30.3 Å². The number of amides is 1. The molecular weight excluding hydrogens is 390 g/mol. The lowest BCUT2D eigenvalue weighted by Gasteiger charge is -2.10. The first-order chi connectivity index (χ1) is 15.2. The zero-order valence-corrected chi connectivity index (χ0v) is 18.0. The molecule has 31 heavy (non-hydrogen) atoms. The van der Waals surface area contributed by atoms with Gasteiger partial charge in [-0.3, -0.25) is 9.20 Å². The van der Waals surface area contributed by atoms with E-state index in [1.165, 1.54) is 6.07 Å². The number of rotatable bonds is 4. The molecule has 1 N–H and O–H groups in total. The average molecular weight is 415 g/mol. The van der Waals surface area contributed by atoms with E-state index in [0.29, 0.717) is 28.7 Å². The standard InChI is InChI=1S/C20H13N5O2.2C2H6/c21-13-16-12-18(25-10-9-22-20(25)24-16)27-17-8-4-5-14(11-17)19(26)23-15-6-2-1-3-7-15;2*1-2/h1-12H,(H,23,26);2*1-2H3. The number of nitrogens with one attached hydrogen (secondary N) is 1. The number of ether oxygens (including phenoxy) is 1. The normalized spacial score (nSPS) is 9.39. The molecule has 0 fully saturated rings. The first kappa shape index (κ1) is 23.1. The maximum absolute atomic E-state index is 12.5. The van der Waals surface area contributed by atoms with Crippen LogP contribution in [0.4, 0.5) is 5.69 Å². The summed E-state index contributed by atoms with van der Waals surface area (Å²) in [5.74, 6) is 0.962. The number of hydrogen-bond donors (Lipinski definition) is 1. The van der Waals surface area contributed by atoms with Gasteiger partial charge in [0, 0.05) is 29.7 Å². The lowest BCUT2D eigenvalue weighted by atomic mass is 10.2. The number of nitriles is 1. The van der Waals surface area contributed by atoms with Gasteiger partial charge in [-0.15, -0.1) is 0 Å². The van der Waals surface area contributed by atoms with Gasteiger partial charge >= 0.3 is 0 Å². The first-order valence-electron chi connectivity index (χ1n) is 10.1. The molecule has 0 spiro atoms. The number of carbonyl (C=O) groups excluding carboxylic acids is 1. The van der Waals surface area contributed by atoms with Crippen LogP contribution < -0.4 is 10.1 Å². The van der Waals surface area contributed by atoms with Gasteiger partial charge in [0.05, 0.1) is 0 Å².